The van der Waals surface area contributed by atoms with Crippen LogP contribution in [-0.2, 0) is 9.59 Å². The zero-order valence-electron chi connectivity index (χ0n) is 13.1. The number of anilines is 1. The van der Waals surface area contributed by atoms with Gasteiger partial charge in [0.1, 0.15) is 0 Å². The number of carbonyl (C=O) groups is 2. The van der Waals surface area contributed by atoms with Crippen molar-refractivity contribution in [2.45, 2.75) is 22.3 Å². The fraction of sp³-hybridized carbons (Fsp3) is 0.222. The van der Waals surface area contributed by atoms with E-state index in [-0.39, 0.29) is 18.2 Å². The molecule has 0 bridgehead atoms. The van der Waals surface area contributed by atoms with Crippen LogP contribution in [0, 0.1) is 0 Å². The average Bonchev–Trinajstić information content (AvgIpc) is 2.60. The van der Waals surface area contributed by atoms with Gasteiger partial charge in [-0.1, -0.05) is 42.1 Å². The van der Waals surface area contributed by atoms with E-state index in [1.54, 1.807) is 11.8 Å². The van der Waals surface area contributed by atoms with E-state index >= 15 is 0 Å². The number of rotatable bonds is 5. The predicted molar refractivity (Wildman–Crippen MR) is 95.1 cm³/mol. The topological polar surface area (TPSA) is 70.2 Å². The molecule has 1 aliphatic rings. The van der Waals surface area contributed by atoms with Crippen molar-refractivity contribution in [3.8, 4) is 0 Å². The normalized spacial score (nSPS) is 17.2. The van der Waals surface area contributed by atoms with Gasteiger partial charge in [-0.3, -0.25) is 9.59 Å². The molecule has 0 spiro atoms. The lowest BCUT2D eigenvalue weighted by molar-refractivity contribution is -0.127. The molecule has 0 radical (unpaired) electrons. The van der Waals surface area contributed by atoms with Gasteiger partial charge in [0.2, 0.25) is 11.8 Å². The summed E-state index contributed by atoms with van der Waals surface area (Å²) in [6, 6.07) is 17.2. The van der Waals surface area contributed by atoms with Gasteiger partial charge in [0, 0.05) is 22.9 Å². The summed E-state index contributed by atoms with van der Waals surface area (Å²) in [6.07, 6.45) is 0.121. The van der Waals surface area contributed by atoms with E-state index in [0.717, 1.165) is 15.5 Å². The predicted octanol–water partition coefficient (Wildman–Crippen LogP) is 2.25. The number of para-hydroxylation sites is 1. The second kappa shape index (κ2) is 7.99. The fourth-order valence-electron chi connectivity index (χ4n) is 2.47. The Kier molecular flexibility index (Phi) is 5.51. The molecule has 3 rings (SSSR count). The second-order valence-corrected chi connectivity index (χ2v) is 6.58. The molecule has 3 N–H and O–H groups in total. The van der Waals surface area contributed by atoms with Crippen LogP contribution in [0.5, 0.6) is 0 Å². The van der Waals surface area contributed by atoms with Crippen molar-refractivity contribution in [2.75, 3.05) is 18.4 Å². The lowest BCUT2D eigenvalue weighted by atomic mass is 10.1. The van der Waals surface area contributed by atoms with Gasteiger partial charge in [0.05, 0.1) is 18.2 Å². The van der Waals surface area contributed by atoms with Gasteiger partial charge in [-0.05, 0) is 24.3 Å². The van der Waals surface area contributed by atoms with E-state index in [1.165, 1.54) is 0 Å². The third-order valence-electron chi connectivity index (χ3n) is 3.65. The van der Waals surface area contributed by atoms with E-state index in [0.29, 0.717) is 13.1 Å². The molecule has 1 unspecified atom stereocenters. The molecule has 24 heavy (non-hydrogen) atoms. The summed E-state index contributed by atoms with van der Waals surface area (Å²) in [4.78, 5) is 26.1. The summed E-state index contributed by atoms with van der Waals surface area (Å²) in [5.74, 6) is -0.297. The molecule has 0 aliphatic carbocycles. The van der Waals surface area contributed by atoms with Crippen molar-refractivity contribution in [2.24, 2.45) is 0 Å². The highest BCUT2D eigenvalue weighted by atomic mass is 32.2. The second-order valence-electron chi connectivity index (χ2n) is 5.46. The molecule has 1 aliphatic heterocycles. The maximum atomic E-state index is 12.3. The fourth-order valence-corrected chi connectivity index (χ4v) is 3.40. The summed E-state index contributed by atoms with van der Waals surface area (Å²) in [7, 11) is 0. The Bertz CT molecular complexity index is 721. The summed E-state index contributed by atoms with van der Waals surface area (Å²) >= 11 is 1.59. The molecule has 5 nitrogen and oxygen atoms in total. The van der Waals surface area contributed by atoms with E-state index in [1.807, 2.05) is 54.6 Å². The first-order valence-electron chi connectivity index (χ1n) is 7.85. The summed E-state index contributed by atoms with van der Waals surface area (Å²) in [6.45, 7) is 1.29. The highest BCUT2D eigenvalue weighted by molar-refractivity contribution is 7.99. The van der Waals surface area contributed by atoms with Gasteiger partial charge in [-0.15, -0.1) is 0 Å². The Labute approximate surface area is 145 Å². The minimum atomic E-state index is -0.465. The molecule has 0 aromatic heterocycles. The van der Waals surface area contributed by atoms with Gasteiger partial charge in [0.25, 0.3) is 0 Å². The summed E-state index contributed by atoms with van der Waals surface area (Å²) in [5, 5.41) is 8.74. The van der Waals surface area contributed by atoms with E-state index in [2.05, 4.69) is 16.0 Å². The summed E-state index contributed by atoms with van der Waals surface area (Å²) < 4.78 is 0. The van der Waals surface area contributed by atoms with Crippen LogP contribution in [0.2, 0.25) is 0 Å². The van der Waals surface area contributed by atoms with Gasteiger partial charge in [-0.25, -0.2) is 0 Å². The molecule has 1 saturated heterocycles. The maximum absolute atomic E-state index is 12.3. The summed E-state index contributed by atoms with van der Waals surface area (Å²) in [5.41, 5.74) is 0.757. The Morgan fingerprint density at radius 1 is 1.08 bits per heavy atom. The molecule has 2 aromatic carbocycles. The molecule has 1 atom stereocenters. The first-order valence-corrected chi connectivity index (χ1v) is 8.67. The zero-order valence-corrected chi connectivity index (χ0v) is 13.9. The van der Waals surface area contributed by atoms with Crippen LogP contribution >= 0.6 is 11.8 Å². The SMILES string of the molecule is O=C(CC1NCCNC1=O)Nc1ccccc1Sc1ccccc1. The van der Waals surface area contributed by atoms with Crippen LogP contribution in [0.3, 0.4) is 0 Å². The van der Waals surface area contributed by atoms with Crippen molar-refractivity contribution in [1.29, 1.82) is 0 Å². The van der Waals surface area contributed by atoms with Gasteiger partial charge < -0.3 is 16.0 Å². The van der Waals surface area contributed by atoms with Gasteiger partial charge in [-0.2, -0.15) is 0 Å². The van der Waals surface area contributed by atoms with Crippen molar-refractivity contribution in [3.05, 3.63) is 54.6 Å². The minimum absolute atomic E-state index is 0.121. The molecule has 1 heterocycles. The Balaban J connectivity index is 1.66. The number of amides is 2. The first-order chi connectivity index (χ1) is 11.7. The number of hydrogen-bond acceptors (Lipinski definition) is 4. The molecule has 2 amide bonds. The average molecular weight is 341 g/mol. The highest BCUT2D eigenvalue weighted by Crippen LogP contribution is 2.33. The van der Waals surface area contributed by atoms with Crippen molar-refractivity contribution < 1.29 is 9.59 Å². The number of carbonyl (C=O) groups excluding carboxylic acids is 2. The van der Waals surface area contributed by atoms with Gasteiger partial charge in [0.15, 0.2) is 0 Å². The lowest BCUT2D eigenvalue weighted by Gasteiger charge is -2.23. The van der Waals surface area contributed by atoms with Crippen molar-refractivity contribution >= 4 is 29.3 Å². The molecule has 1 fully saturated rings. The molecular weight excluding hydrogens is 322 g/mol. The Morgan fingerprint density at radius 3 is 2.62 bits per heavy atom. The maximum Gasteiger partial charge on any atom is 0.237 e. The first kappa shape index (κ1) is 16.5. The monoisotopic (exact) mass is 341 g/mol. The molecular formula is C18H19N3O2S. The standard InChI is InChI=1S/C18H19N3O2S/c22-17(12-15-18(23)20-11-10-19-15)21-14-8-4-5-9-16(14)24-13-6-2-1-3-7-13/h1-9,15,19H,10-12H2,(H,20,23)(H,21,22). The highest BCUT2D eigenvalue weighted by Gasteiger charge is 2.24. The molecule has 124 valence electrons. The van der Waals surface area contributed by atoms with Crippen LogP contribution in [-0.4, -0.2) is 30.9 Å². The number of nitrogens with one attached hydrogen (secondary N) is 3. The Morgan fingerprint density at radius 2 is 1.83 bits per heavy atom. The van der Waals surface area contributed by atoms with Crippen LogP contribution in [0.4, 0.5) is 5.69 Å². The van der Waals surface area contributed by atoms with Crippen LogP contribution in [0.15, 0.2) is 64.4 Å². The van der Waals surface area contributed by atoms with E-state index < -0.39 is 6.04 Å². The quantitative estimate of drug-likeness (QED) is 0.780. The molecule has 6 heteroatoms. The molecule has 2 aromatic rings. The smallest absolute Gasteiger partial charge is 0.237 e. The Hall–Kier alpha value is -2.31. The van der Waals surface area contributed by atoms with E-state index in [4.69, 9.17) is 0 Å². The van der Waals surface area contributed by atoms with Crippen LogP contribution in [0.25, 0.3) is 0 Å². The van der Waals surface area contributed by atoms with Crippen molar-refractivity contribution in [3.63, 3.8) is 0 Å². The van der Waals surface area contributed by atoms with E-state index in [9.17, 15) is 9.59 Å². The molecule has 0 saturated carbocycles. The zero-order chi connectivity index (χ0) is 16.8. The number of piperazine rings is 1. The van der Waals surface area contributed by atoms with Crippen LogP contribution in [0.1, 0.15) is 6.42 Å². The van der Waals surface area contributed by atoms with Crippen LogP contribution < -0.4 is 16.0 Å². The third-order valence-corrected chi connectivity index (χ3v) is 4.74. The number of benzene rings is 2. The van der Waals surface area contributed by atoms with Crippen molar-refractivity contribution in [1.82, 2.24) is 10.6 Å². The largest absolute Gasteiger partial charge is 0.353 e. The van der Waals surface area contributed by atoms with Gasteiger partial charge >= 0.3 is 0 Å². The third kappa shape index (κ3) is 4.37. The number of hydrogen-bond donors (Lipinski definition) is 3. The minimum Gasteiger partial charge on any atom is -0.353 e. The lowest BCUT2D eigenvalue weighted by Crippen LogP contribution is -2.53.